The number of hydrogen-bond donors (Lipinski definition) is 3. The van der Waals surface area contributed by atoms with Gasteiger partial charge in [0.25, 0.3) is 0 Å². The van der Waals surface area contributed by atoms with Gasteiger partial charge >= 0.3 is 0 Å². The summed E-state index contributed by atoms with van der Waals surface area (Å²) in [6.07, 6.45) is 7.81. The first-order valence-electron chi connectivity index (χ1n) is 7.80. The van der Waals surface area contributed by atoms with Crippen LogP contribution in [0.25, 0.3) is 10.9 Å². The van der Waals surface area contributed by atoms with E-state index in [0.29, 0.717) is 12.0 Å². The van der Waals surface area contributed by atoms with Crippen LogP contribution in [0.4, 0.5) is 5.69 Å². The van der Waals surface area contributed by atoms with Crippen LogP contribution in [0.3, 0.4) is 0 Å². The second kappa shape index (κ2) is 5.15. The molecule has 2 aliphatic rings. The Morgan fingerprint density at radius 1 is 1.29 bits per heavy atom. The lowest BCUT2D eigenvalue weighted by molar-refractivity contribution is -0.117. The molecule has 110 valence electrons. The number of nitrogens with zero attached hydrogens (tertiary/aromatic N) is 1. The first-order valence-corrected chi connectivity index (χ1v) is 7.80. The number of aromatic amines is 1. The molecule has 1 amide bonds. The fourth-order valence-electron chi connectivity index (χ4n) is 3.81. The van der Waals surface area contributed by atoms with Gasteiger partial charge in [-0.25, -0.2) is 0 Å². The van der Waals surface area contributed by atoms with Gasteiger partial charge in [-0.3, -0.25) is 9.89 Å². The molecule has 3 unspecified atom stereocenters. The number of para-hydroxylation sites is 1. The normalized spacial score (nSPS) is 28.5. The van der Waals surface area contributed by atoms with Crippen molar-refractivity contribution in [3.8, 4) is 0 Å². The molecule has 4 rings (SSSR count). The van der Waals surface area contributed by atoms with E-state index in [9.17, 15) is 4.79 Å². The van der Waals surface area contributed by atoms with Crippen LogP contribution < -0.4 is 10.6 Å². The Morgan fingerprint density at radius 3 is 3.10 bits per heavy atom. The monoisotopic (exact) mass is 284 g/mol. The highest BCUT2D eigenvalue weighted by molar-refractivity contribution is 6.02. The number of carbonyl (C=O) groups is 1. The van der Waals surface area contributed by atoms with E-state index in [4.69, 9.17) is 0 Å². The molecule has 1 aliphatic heterocycles. The van der Waals surface area contributed by atoms with E-state index < -0.39 is 0 Å². The highest BCUT2D eigenvalue weighted by Crippen LogP contribution is 2.33. The Bertz CT molecular complexity index is 651. The number of amides is 1. The summed E-state index contributed by atoms with van der Waals surface area (Å²) in [5.74, 6) is 0.754. The minimum atomic E-state index is -0.0590. The Kier molecular flexibility index (Phi) is 3.15. The van der Waals surface area contributed by atoms with Gasteiger partial charge in [-0.05, 0) is 31.2 Å². The van der Waals surface area contributed by atoms with Gasteiger partial charge in [-0.1, -0.05) is 25.0 Å². The van der Waals surface area contributed by atoms with E-state index in [-0.39, 0.29) is 11.9 Å². The number of nitrogens with one attached hydrogen (secondary N) is 3. The molecule has 2 fully saturated rings. The van der Waals surface area contributed by atoms with Crippen molar-refractivity contribution in [2.75, 3.05) is 5.32 Å². The molecule has 0 spiro atoms. The third kappa shape index (κ3) is 2.31. The summed E-state index contributed by atoms with van der Waals surface area (Å²) in [7, 11) is 0. The van der Waals surface area contributed by atoms with Crippen molar-refractivity contribution < 1.29 is 4.79 Å². The zero-order chi connectivity index (χ0) is 14.2. The first kappa shape index (κ1) is 12.8. The fourth-order valence-corrected chi connectivity index (χ4v) is 3.81. The second-order valence-corrected chi connectivity index (χ2v) is 6.24. The van der Waals surface area contributed by atoms with E-state index in [1.165, 1.54) is 25.7 Å². The Balaban J connectivity index is 1.50. The third-order valence-electron chi connectivity index (χ3n) is 4.91. The Labute approximate surface area is 123 Å². The molecule has 5 nitrogen and oxygen atoms in total. The third-order valence-corrected chi connectivity index (χ3v) is 4.91. The molecule has 3 atom stereocenters. The van der Waals surface area contributed by atoms with E-state index >= 15 is 0 Å². The maximum atomic E-state index is 12.5. The van der Waals surface area contributed by atoms with Gasteiger partial charge in [0.15, 0.2) is 0 Å². The Hall–Kier alpha value is -1.88. The molecule has 2 aromatic rings. The molecule has 3 N–H and O–H groups in total. The molecular formula is C16H20N4O. The van der Waals surface area contributed by atoms with Gasteiger partial charge in [-0.2, -0.15) is 5.10 Å². The van der Waals surface area contributed by atoms with Crippen molar-refractivity contribution in [3.63, 3.8) is 0 Å². The number of rotatable bonds is 2. The number of anilines is 1. The number of hydrogen-bond acceptors (Lipinski definition) is 3. The molecular weight excluding hydrogens is 264 g/mol. The van der Waals surface area contributed by atoms with Crippen LogP contribution in [0, 0.1) is 5.92 Å². The topological polar surface area (TPSA) is 69.8 Å². The molecule has 2 heterocycles. The summed E-state index contributed by atoms with van der Waals surface area (Å²) in [5, 5.41) is 14.6. The molecule has 1 saturated carbocycles. The lowest BCUT2D eigenvalue weighted by Gasteiger charge is -2.24. The quantitative estimate of drug-likeness (QED) is 0.793. The highest BCUT2D eigenvalue weighted by Gasteiger charge is 2.38. The van der Waals surface area contributed by atoms with Gasteiger partial charge in [-0.15, -0.1) is 0 Å². The van der Waals surface area contributed by atoms with Crippen LogP contribution in [0.2, 0.25) is 0 Å². The largest absolute Gasteiger partial charge is 0.323 e. The summed E-state index contributed by atoms with van der Waals surface area (Å²) in [6, 6.07) is 6.32. The molecule has 0 radical (unpaired) electrons. The van der Waals surface area contributed by atoms with Gasteiger partial charge < -0.3 is 10.6 Å². The number of H-pyrrole nitrogens is 1. The average Bonchev–Trinajstić information content (AvgIpc) is 3.14. The Morgan fingerprint density at radius 2 is 2.19 bits per heavy atom. The highest BCUT2D eigenvalue weighted by atomic mass is 16.2. The van der Waals surface area contributed by atoms with Crippen molar-refractivity contribution >= 4 is 22.5 Å². The summed E-state index contributed by atoms with van der Waals surface area (Å²) >= 11 is 0. The van der Waals surface area contributed by atoms with Gasteiger partial charge in [0.05, 0.1) is 23.4 Å². The van der Waals surface area contributed by atoms with Crippen molar-refractivity contribution in [2.24, 2.45) is 5.92 Å². The van der Waals surface area contributed by atoms with Gasteiger partial charge in [0.2, 0.25) is 5.91 Å². The predicted molar refractivity (Wildman–Crippen MR) is 82.0 cm³/mol. The molecule has 1 aliphatic carbocycles. The lowest BCUT2D eigenvalue weighted by Crippen LogP contribution is -2.39. The smallest absolute Gasteiger partial charge is 0.241 e. The molecule has 1 aromatic heterocycles. The van der Waals surface area contributed by atoms with Gasteiger partial charge in [0.1, 0.15) is 0 Å². The summed E-state index contributed by atoms with van der Waals surface area (Å²) in [5.41, 5.74) is 1.70. The summed E-state index contributed by atoms with van der Waals surface area (Å²) < 4.78 is 0. The van der Waals surface area contributed by atoms with Crippen molar-refractivity contribution in [3.05, 3.63) is 24.4 Å². The first-order chi connectivity index (χ1) is 10.3. The zero-order valence-electron chi connectivity index (χ0n) is 11.9. The van der Waals surface area contributed by atoms with Crippen LogP contribution >= 0.6 is 0 Å². The van der Waals surface area contributed by atoms with Crippen LogP contribution in [0.15, 0.2) is 24.4 Å². The predicted octanol–water partition coefficient (Wildman–Crippen LogP) is 2.42. The SMILES string of the molecule is O=C(Nc1cccc2cn[nH]c12)C1CC2CCCCC2N1. The van der Waals surface area contributed by atoms with E-state index in [1.54, 1.807) is 6.20 Å². The number of aromatic nitrogens is 2. The van der Waals surface area contributed by atoms with Crippen LogP contribution in [0.1, 0.15) is 32.1 Å². The maximum absolute atomic E-state index is 12.5. The maximum Gasteiger partial charge on any atom is 0.241 e. The van der Waals surface area contributed by atoms with Crippen LogP contribution in [-0.4, -0.2) is 28.2 Å². The number of carbonyl (C=O) groups excluding carboxylic acids is 1. The fraction of sp³-hybridized carbons (Fsp3) is 0.500. The zero-order valence-corrected chi connectivity index (χ0v) is 11.9. The standard InChI is InChI=1S/C16H20N4O/c21-16(14-8-10-4-1-2-6-12(10)18-14)19-13-7-3-5-11-9-17-20-15(11)13/h3,5,7,9-10,12,14,18H,1-2,4,6,8H2,(H,17,20)(H,19,21). The molecule has 1 aromatic carbocycles. The van der Waals surface area contributed by atoms with Crippen LogP contribution in [-0.2, 0) is 4.79 Å². The summed E-state index contributed by atoms with van der Waals surface area (Å²) in [6.45, 7) is 0. The molecule has 0 bridgehead atoms. The minimum absolute atomic E-state index is 0.0590. The molecule has 5 heteroatoms. The number of fused-ring (bicyclic) bond motifs is 2. The van der Waals surface area contributed by atoms with Crippen molar-refractivity contribution in [2.45, 2.75) is 44.2 Å². The van der Waals surface area contributed by atoms with E-state index in [1.807, 2.05) is 18.2 Å². The van der Waals surface area contributed by atoms with Gasteiger partial charge in [0, 0.05) is 11.4 Å². The average molecular weight is 284 g/mol. The molecule has 1 saturated heterocycles. The summed E-state index contributed by atoms with van der Waals surface area (Å²) in [4.78, 5) is 12.5. The second-order valence-electron chi connectivity index (χ2n) is 6.24. The van der Waals surface area contributed by atoms with E-state index in [2.05, 4.69) is 20.8 Å². The van der Waals surface area contributed by atoms with Crippen molar-refractivity contribution in [1.29, 1.82) is 0 Å². The minimum Gasteiger partial charge on any atom is -0.323 e. The van der Waals surface area contributed by atoms with Crippen LogP contribution in [0.5, 0.6) is 0 Å². The number of benzene rings is 1. The van der Waals surface area contributed by atoms with Crippen molar-refractivity contribution in [1.82, 2.24) is 15.5 Å². The molecule has 21 heavy (non-hydrogen) atoms. The lowest BCUT2D eigenvalue weighted by atomic mass is 9.85. The van der Waals surface area contributed by atoms with E-state index in [0.717, 1.165) is 23.0 Å².